The second-order valence-electron chi connectivity index (χ2n) is 5.54. The third kappa shape index (κ3) is 3.10. The van der Waals surface area contributed by atoms with Crippen LogP contribution in [0.15, 0.2) is 11.6 Å². The van der Waals surface area contributed by atoms with Gasteiger partial charge < -0.3 is 5.32 Å². The summed E-state index contributed by atoms with van der Waals surface area (Å²) in [6.07, 6.45) is 16.7. The molecule has 0 aromatic heterocycles. The van der Waals surface area contributed by atoms with E-state index in [1.54, 1.807) is 5.57 Å². The molecule has 0 amide bonds. The minimum absolute atomic E-state index is 0.695. The zero-order valence-corrected chi connectivity index (χ0v) is 10.8. The molecule has 1 atom stereocenters. The molecule has 1 fully saturated rings. The highest BCUT2D eigenvalue weighted by molar-refractivity contribution is 5.13. The van der Waals surface area contributed by atoms with Gasteiger partial charge in [0.25, 0.3) is 0 Å². The van der Waals surface area contributed by atoms with Crippen LogP contribution in [0.1, 0.15) is 64.2 Å². The van der Waals surface area contributed by atoms with E-state index in [0.29, 0.717) is 6.04 Å². The molecule has 1 N–H and O–H groups in total. The Labute approximate surface area is 101 Å². The lowest BCUT2D eigenvalue weighted by molar-refractivity contribution is 0.407. The zero-order chi connectivity index (χ0) is 11.2. The minimum atomic E-state index is 0.695. The monoisotopic (exact) mass is 221 g/mol. The van der Waals surface area contributed by atoms with Gasteiger partial charge in [0.05, 0.1) is 0 Å². The van der Waals surface area contributed by atoms with Crippen molar-refractivity contribution >= 4 is 0 Å². The van der Waals surface area contributed by atoms with Crippen molar-refractivity contribution in [1.82, 2.24) is 5.32 Å². The van der Waals surface area contributed by atoms with E-state index in [0.717, 1.165) is 5.92 Å². The molecule has 1 unspecified atom stereocenters. The van der Waals surface area contributed by atoms with Crippen molar-refractivity contribution < 1.29 is 0 Å². The van der Waals surface area contributed by atoms with E-state index >= 15 is 0 Å². The lowest BCUT2D eigenvalue weighted by atomic mass is 9.86. The van der Waals surface area contributed by atoms with Crippen molar-refractivity contribution in [3.05, 3.63) is 11.6 Å². The van der Waals surface area contributed by atoms with E-state index in [1.165, 1.54) is 64.2 Å². The predicted molar refractivity (Wildman–Crippen MR) is 70.6 cm³/mol. The molecule has 0 aromatic carbocycles. The number of nitrogens with one attached hydrogen (secondary N) is 1. The highest BCUT2D eigenvalue weighted by Crippen LogP contribution is 2.33. The molecular formula is C15H27N. The van der Waals surface area contributed by atoms with Crippen LogP contribution in [-0.4, -0.2) is 13.1 Å². The first-order valence-corrected chi connectivity index (χ1v) is 7.28. The molecule has 2 rings (SSSR count). The summed E-state index contributed by atoms with van der Waals surface area (Å²) in [5, 5.41) is 3.59. The van der Waals surface area contributed by atoms with Gasteiger partial charge in [-0.3, -0.25) is 0 Å². The molecule has 0 spiro atoms. The number of hydrogen-bond donors (Lipinski definition) is 1. The van der Waals surface area contributed by atoms with Gasteiger partial charge in [-0.15, -0.1) is 0 Å². The third-order valence-electron chi connectivity index (χ3n) is 4.41. The fraction of sp³-hybridized carbons (Fsp3) is 0.867. The van der Waals surface area contributed by atoms with Crippen molar-refractivity contribution in [2.75, 3.05) is 7.05 Å². The normalized spacial score (nSPS) is 25.9. The van der Waals surface area contributed by atoms with Gasteiger partial charge in [0, 0.05) is 6.04 Å². The van der Waals surface area contributed by atoms with Crippen LogP contribution in [0.2, 0.25) is 0 Å². The maximum absolute atomic E-state index is 3.59. The fourth-order valence-corrected chi connectivity index (χ4v) is 3.51. The van der Waals surface area contributed by atoms with Gasteiger partial charge in [-0.1, -0.05) is 37.3 Å². The van der Waals surface area contributed by atoms with Gasteiger partial charge in [0.1, 0.15) is 0 Å². The molecule has 1 nitrogen and oxygen atoms in total. The molecule has 0 aliphatic heterocycles. The van der Waals surface area contributed by atoms with Crippen molar-refractivity contribution in [1.29, 1.82) is 0 Å². The molecule has 2 aliphatic rings. The minimum Gasteiger partial charge on any atom is -0.313 e. The largest absolute Gasteiger partial charge is 0.313 e. The number of rotatable bonds is 3. The summed E-state index contributed by atoms with van der Waals surface area (Å²) < 4.78 is 0. The Bertz CT molecular complexity index is 226. The number of hydrogen-bond acceptors (Lipinski definition) is 1. The lowest BCUT2D eigenvalue weighted by Crippen LogP contribution is -2.34. The van der Waals surface area contributed by atoms with E-state index < -0.39 is 0 Å². The molecule has 1 saturated carbocycles. The molecule has 92 valence electrons. The van der Waals surface area contributed by atoms with Crippen LogP contribution in [0.5, 0.6) is 0 Å². The van der Waals surface area contributed by atoms with Gasteiger partial charge in [-0.2, -0.15) is 0 Å². The van der Waals surface area contributed by atoms with Gasteiger partial charge in [0.15, 0.2) is 0 Å². The lowest BCUT2D eigenvalue weighted by Gasteiger charge is -2.27. The molecular weight excluding hydrogens is 194 g/mol. The highest BCUT2D eigenvalue weighted by Gasteiger charge is 2.26. The van der Waals surface area contributed by atoms with Crippen molar-refractivity contribution in [2.24, 2.45) is 5.92 Å². The van der Waals surface area contributed by atoms with Crippen LogP contribution < -0.4 is 5.32 Å². The fourth-order valence-electron chi connectivity index (χ4n) is 3.51. The second-order valence-corrected chi connectivity index (χ2v) is 5.54. The van der Waals surface area contributed by atoms with E-state index in [1.807, 2.05) is 0 Å². The van der Waals surface area contributed by atoms with E-state index in [4.69, 9.17) is 0 Å². The van der Waals surface area contributed by atoms with Crippen LogP contribution in [0.25, 0.3) is 0 Å². The van der Waals surface area contributed by atoms with Crippen LogP contribution in [0, 0.1) is 5.92 Å². The summed E-state index contributed by atoms with van der Waals surface area (Å²) in [4.78, 5) is 0. The maximum atomic E-state index is 3.59. The zero-order valence-electron chi connectivity index (χ0n) is 10.8. The first kappa shape index (κ1) is 12.2. The highest BCUT2D eigenvalue weighted by atomic mass is 14.9. The van der Waals surface area contributed by atoms with E-state index in [9.17, 15) is 0 Å². The molecule has 0 heterocycles. The van der Waals surface area contributed by atoms with Crippen LogP contribution >= 0.6 is 0 Å². The Morgan fingerprint density at radius 3 is 2.56 bits per heavy atom. The van der Waals surface area contributed by atoms with Crippen LogP contribution in [-0.2, 0) is 0 Å². The summed E-state index contributed by atoms with van der Waals surface area (Å²) in [7, 11) is 2.16. The molecule has 0 aromatic rings. The summed E-state index contributed by atoms with van der Waals surface area (Å²) in [5.41, 5.74) is 1.73. The van der Waals surface area contributed by atoms with Gasteiger partial charge >= 0.3 is 0 Å². The van der Waals surface area contributed by atoms with Crippen LogP contribution in [0.4, 0.5) is 0 Å². The van der Waals surface area contributed by atoms with Gasteiger partial charge in [-0.05, 0) is 51.5 Å². The summed E-state index contributed by atoms with van der Waals surface area (Å²) in [6, 6.07) is 0.695. The van der Waals surface area contributed by atoms with Crippen molar-refractivity contribution in [3.63, 3.8) is 0 Å². The molecule has 2 aliphatic carbocycles. The first-order valence-electron chi connectivity index (χ1n) is 7.28. The average molecular weight is 221 g/mol. The smallest absolute Gasteiger partial charge is 0.0305 e. The average Bonchev–Trinajstić information content (AvgIpc) is 2.75. The van der Waals surface area contributed by atoms with Crippen molar-refractivity contribution in [3.8, 4) is 0 Å². The van der Waals surface area contributed by atoms with E-state index in [-0.39, 0.29) is 0 Å². The molecule has 1 heteroatoms. The van der Waals surface area contributed by atoms with Crippen molar-refractivity contribution in [2.45, 2.75) is 70.3 Å². The third-order valence-corrected chi connectivity index (χ3v) is 4.41. The summed E-state index contributed by atoms with van der Waals surface area (Å²) >= 11 is 0. The molecule has 0 radical (unpaired) electrons. The Hall–Kier alpha value is -0.300. The standard InChI is InChI=1S/C15H27N/c1-16-15(14-11-7-8-12-14)13-9-5-3-2-4-6-10-13/h9,14-16H,2-8,10-12H2,1H3. The van der Waals surface area contributed by atoms with Gasteiger partial charge in [0.2, 0.25) is 0 Å². The topological polar surface area (TPSA) is 12.0 Å². The maximum Gasteiger partial charge on any atom is 0.0305 e. The number of allylic oxidation sites excluding steroid dienone is 1. The SMILES string of the molecule is CNC(C1=CCCCCCC1)C1CCCC1. The van der Waals surface area contributed by atoms with E-state index in [2.05, 4.69) is 18.4 Å². The summed E-state index contributed by atoms with van der Waals surface area (Å²) in [5.74, 6) is 0.927. The quantitative estimate of drug-likeness (QED) is 0.709. The Balaban J connectivity index is 1.99. The molecule has 0 saturated heterocycles. The second kappa shape index (κ2) is 6.44. The molecule has 16 heavy (non-hydrogen) atoms. The Kier molecular flexibility index (Phi) is 4.90. The Morgan fingerprint density at radius 1 is 1.06 bits per heavy atom. The van der Waals surface area contributed by atoms with Crippen LogP contribution in [0.3, 0.4) is 0 Å². The number of likely N-dealkylation sites (N-methyl/N-ethyl adjacent to an activating group) is 1. The van der Waals surface area contributed by atoms with Gasteiger partial charge in [-0.25, -0.2) is 0 Å². The summed E-state index contributed by atoms with van der Waals surface area (Å²) in [6.45, 7) is 0. The first-order chi connectivity index (χ1) is 7.92. The Morgan fingerprint density at radius 2 is 1.81 bits per heavy atom. The molecule has 0 bridgehead atoms. The predicted octanol–water partition coefficient (Wildman–Crippen LogP) is 4.05.